The lowest BCUT2D eigenvalue weighted by atomic mass is 9.97. The lowest BCUT2D eigenvalue weighted by Gasteiger charge is -2.10. The third-order valence-electron chi connectivity index (χ3n) is 2.32. The molecular formula is C11H12ClFO2. The summed E-state index contributed by atoms with van der Waals surface area (Å²) in [4.78, 5) is 10.8. The van der Waals surface area contributed by atoms with Crippen molar-refractivity contribution in [2.45, 2.75) is 19.8 Å². The number of aliphatic carboxylic acids is 1. The van der Waals surface area contributed by atoms with Gasteiger partial charge in [0.2, 0.25) is 0 Å². The van der Waals surface area contributed by atoms with Crippen molar-refractivity contribution in [3.8, 4) is 0 Å². The third-order valence-corrected chi connectivity index (χ3v) is 2.55. The van der Waals surface area contributed by atoms with Gasteiger partial charge in [-0.25, -0.2) is 4.39 Å². The Kier molecular flexibility index (Phi) is 4.09. The molecule has 82 valence electrons. The molecule has 0 aliphatic carbocycles. The highest BCUT2D eigenvalue weighted by molar-refractivity contribution is 6.30. The predicted octanol–water partition coefficient (Wildman–Crippen LogP) is 3.13. The van der Waals surface area contributed by atoms with Crippen LogP contribution in [0.2, 0.25) is 5.02 Å². The smallest absolute Gasteiger partial charge is 0.306 e. The fraction of sp³-hybridized carbons (Fsp3) is 0.364. The topological polar surface area (TPSA) is 37.3 Å². The van der Waals surface area contributed by atoms with E-state index in [4.69, 9.17) is 16.7 Å². The summed E-state index contributed by atoms with van der Waals surface area (Å²) in [6, 6.07) is 4.18. The number of hydrogen-bond donors (Lipinski definition) is 1. The van der Waals surface area contributed by atoms with Crippen molar-refractivity contribution >= 4 is 17.6 Å². The second-order valence-corrected chi connectivity index (χ2v) is 3.82. The minimum atomic E-state index is -0.906. The van der Waals surface area contributed by atoms with Gasteiger partial charge in [-0.15, -0.1) is 0 Å². The zero-order chi connectivity index (χ0) is 11.4. The molecule has 0 fully saturated rings. The molecule has 1 atom stereocenters. The van der Waals surface area contributed by atoms with Crippen LogP contribution in [0.3, 0.4) is 0 Å². The molecule has 0 saturated heterocycles. The monoisotopic (exact) mass is 230 g/mol. The lowest BCUT2D eigenvalue weighted by molar-refractivity contribution is -0.141. The number of benzene rings is 1. The van der Waals surface area contributed by atoms with Crippen molar-refractivity contribution in [1.29, 1.82) is 0 Å². The molecule has 1 N–H and O–H groups in total. The largest absolute Gasteiger partial charge is 0.481 e. The number of carboxylic acid groups (broad SMARTS) is 1. The number of carboxylic acids is 1. The van der Waals surface area contributed by atoms with E-state index in [1.165, 1.54) is 18.2 Å². The summed E-state index contributed by atoms with van der Waals surface area (Å²) in [7, 11) is 0. The van der Waals surface area contributed by atoms with Gasteiger partial charge in [-0.3, -0.25) is 4.79 Å². The van der Waals surface area contributed by atoms with E-state index >= 15 is 0 Å². The molecule has 0 amide bonds. The average Bonchev–Trinajstić information content (AvgIpc) is 2.18. The van der Waals surface area contributed by atoms with Crippen molar-refractivity contribution < 1.29 is 14.3 Å². The molecule has 1 aromatic carbocycles. The van der Waals surface area contributed by atoms with Crippen LogP contribution in [0.15, 0.2) is 18.2 Å². The molecule has 1 unspecified atom stereocenters. The van der Waals surface area contributed by atoms with Crippen LogP contribution in [0, 0.1) is 11.7 Å². The molecule has 4 heteroatoms. The molecule has 0 aliphatic rings. The van der Waals surface area contributed by atoms with Gasteiger partial charge >= 0.3 is 5.97 Å². The maximum atomic E-state index is 13.3. The zero-order valence-corrected chi connectivity index (χ0v) is 9.09. The summed E-state index contributed by atoms with van der Waals surface area (Å²) in [6.07, 6.45) is 0.652. The summed E-state index contributed by atoms with van der Waals surface area (Å²) in [5.41, 5.74) is 0.358. The van der Waals surface area contributed by atoms with E-state index in [0.29, 0.717) is 17.0 Å². The summed E-state index contributed by atoms with van der Waals surface area (Å²) in [5.74, 6) is -1.87. The fourth-order valence-corrected chi connectivity index (χ4v) is 1.57. The van der Waals surface area contributed by atoms with Crippen LogP contribution in [0.4, 0.5) is 4.39 Å². The first kappa shape index (κ1) is 12.0. The Balaban J connectivity index is 2.87. The average molecular weight is 231 g/mol. The molecular weight excluding hydrogens is 219 g/mol. The van der Waals surface area contributed by atoms with E-state index in [1.54, 1.807) is 6.92 Å². The van der Waals surface area contributed by atoms with Crippen molar-refractivity contribution in [3.05, 3.63) is 34.6 Å². The van der Waals surface area contributed by atoms with E-state index in [9.17, 15) is 9.18 Å². The molecule has 0 aliphatic heterocycles. The SMILES string of the molecule is CCC(Cc1cc(Cl)ccc1F)C(=O)O. The Morgan fingerprint density at radius 1 is 1.60 bits per heavy atom. The minimum Gasteiger partial charge on any atom is -0.481 e. The van der Waals surface area contributed by atoms with E-state index in [0.717, 1.165) is 0 Å². The van der Waals surface area contributed by atoms with Gasteiger partial charge in [0.1, 0.15) is 5.82 Å². The second kappa shape index (κ2) is 5.12. The normalized spacial score (nSPS) is 12.5. The molecule has 0 saturated carbocycles. The van der Waals surface area contributed by atoms with Crippen molar-refractivity contribution in [2.75, 3.05) is 0 Å². The van der Waals surface area contributed by atoms with Gasteiger partial charge in [0.25, 0.3) is 0 Å². The Bertz CT molecular complexity index is 366. The predicted molar refractivity (Wildman–Crippen MR) is 56.5 cm³/mol. The quantitative estimate of drug-likeness (QED) is 0.863. The summed E-state index contributed by atoms with van der Waals surface area (Å²) < 4.78 is 13.3. The molecule has 0 spiro atoms. The van der Waals surface area contributed by atoms with Crippen LogP contribution in [0.5, 0.6) is 0 Å². The first-order chi connectivity index (χ1) is 7.04. The Morgan fingerprint density at radius 2 is 2.27 bits per heavy atom. The standard InChI is InChI=1S/C11H12ClFO2/c1-2-7(11(14)15)5-8-6-9(12)3-4-10(8)13/h3-4,6-7H,2,5H2,1H3,(H,14,15). The van der Waals surface area contributed by atoms with Gasteiger partial charge in [-0.2, -0.15) is 0 Å². The molecule has 2 nitrogen and oxygen atoms in total. The molecule has 1 aromatic rings. The number of carbonyl (C=O) groups is 1. The Hall–Kier alpha value is -1.09. The van der Waals surface area contributed by atoms with E-state index in [-0.39, 0.29) is 6.42 Å². The number of rotatable bonds is 4. The van der Waals surface area contributed by atoms with Crippen LogP contribution < -0.4 is 0 Å². The highest BCUT2D eigenvalue weighted by atomic mass is 35.5. The van der Waals surface area contributed by atoms with Gasteiger partial charge in [0.15, 0.2) is 0 Å². The molecule has 1 rings (SSSR count). The van der Waals surface area contributed by atoms with Crippen LogP contribution in [0.25, 0.3) is 0 Å². The van der Waals surface area contributed by atoms with Crippen molar-refractivity contribution in [3.63, 3.8) is 0 Å². The summed E-state index contributed by atoms with van der Waals surface area (Å²) in [6.45, 7) is 1.77. The van der Waals surface area contributed by atoms with Crippen molar-refractivity contribution in [2.24, 2.45) is 5.92 Å². The van der Waals surface area contributed by atoms with Crippen LogP contribution in [-0.4, -0.2) is 11.1 Å². The Morgan fingerprint density at radius 3 is 2.80 bits per heavy atom. The number of hydrogen-bond acceptors (Lipinski definition) is 1. The Labute approximate surface area is 92.7 Å². The van der Waals surface area contributed by atoms with Crippen LogP contribution in [0.1, 0.15) is 18.9 Å². The molecule has 0 radical (unpaired) electrons. The molecule has 0 bridgehead atoms. The molecule has 0 heterocycles. The van der Waals surface area contributed by atoms with Gasteiger partial charge in [0.05, 0.1) is 5.92 Å². The maximum Gasteiger partial charge on any atom is 0.306 e. The highest BCUT2D eigenvalue weighted by Crippen LogP contribution is 2.19. The maximum absolute atomic E-state index is 13.3. The van der Waals surface area contributed by atoms with E-state index in [1.807, 2.05) is 0 Å². The van der Waals surface area contributed by atoms with E-state index < -0.39 is 17.7 Å². The van der Waals surface area contributed by atoms with Gasteiger partial charge in [0, 0.05) is 5.02 Å². The number of halogens is 2. The van der Waals surface area contributed by atoms with Crippen molar-refractivity contribution in [1.82, 2.24) is 0 Å². The summed E-state index contributed by atoms with van der Waals surface area (Å²) in [5, 5.41) is 9.26. The van der Waals surface area contributed by atoms with Gasteiger partial charge < -0.3 is 5.11 Å². The zero-order valence-electron chi connectivity index (χ0n) is 8.34. The highest BCUT2D eigenvalue weighted by Gasteiger charge is 2.17. The molecule has 15 heavy (non-hydrogen) atoms. The van der Waals surface area contributed by atoms with Crippen LogP contribution >= 0.6 is 11.6 Å². The molecule has 0 aromatic heterocycles. The second-order valence-electron chi connectivity index (χ2n) is 3.38. The lowest BCUT2D eigenvalue weighted by Crippen LogP contribution is -2.16. The first-order valence-electron chi connectivity index (χ1n) is 4.71. The fourth-order valence-electron chi connectivity index (χ4n) is 1.37. The van der Waals surface area contributed by atoms with Gasteiger partial charge in [-0.1, -0.05) is 18.5 Å². The first-order valence-corrected chi connectivity index (χ1v) is 5.09. The van der Waals surface area contributed by atoms with Crippen LogP contribution in [-0.2, 0) is 11.2 Å². The summed E-state index contributed by atoms with van der Waals surface area (Å²) >= 11 is 5.71. The minimum absolute atomic E-state index is 0.179. The van der Waals surface area contributed by atoms with E-state index in [2.05, 4.69) is 0 Å². The third kappa shape index (κ3) is 3.20. The van der Waals surface area contributed by atoms with Gasteiger partial charge in [-0.05, 0) is 36.6 Å².